The zero-order valence-corrected chi connectivity index (χ0v) is 20.1. The number of nitrogens with one attached hydrogen (secondary N) is 1. The lowest BCUT2D eigenvalue weighted by atomic mass is 10.0. The summed E-state index contributed by atoms with van der Waals surface area (Å²) >= 11 is 7.87. The fourth-order valence-corrected chi connectivity index (χ4v) is 4.81. The van der Waals surface area contributed by atoms with E-state index in [2.05, 4.69) is 20.6 Å². The summed E-state index contributed by atoms with van der Waals surface area (Å²) in [6.07, 6.45) is 0.200. The van der Waals surface area contributed by atoms with Crippen LogP contribution < -0.4 is 5.32 Å². The van der Waals surface area contributed by atoms with Crippen molar-refractivity contribution in [2.24, 2.45) is 0 Å². The van der Waals surface area contributed by atoms with E-state index < -0.39 is 6.04 Å². The van der Waals surface area contributed by atoms with Gasteiger partial charge in [0.1, 0.15) is 0 Å². The number of nitrogens with zero attached hydrogens (tertiary/aromatic N) is 3. The summed E-state index contributed by atoms with van der Waals surface area (Å²) in [6.45, 7) is 5.78. The van der Waals surface area contributed by atoms with Crippen LogP contribution in [-0.4, -0.2) is 52.8 Å². The van der Waals surface area contributed by atoms with Gasteiger partial charge in [-0.1, -0.05) is 54.1 Å². The maximum absolute atomic E-state index is 13.2. The molecule has 1 N–H and O–H groups in total. The molecule has 1 unspecified atom stereocenters. The maximum atomic E-state index is 13.2. The number of aryl methyl sites for hydroxylation is 1. The minimum Gasteiger partial charge on any atom is -0.345 e. The van der Waals surface area contributed by atoms with E-state index in [1.165, 1.54) is 0 Å². The number of carbonyl (C=O) groups is 2. The third-order valence-corrected chi connectivity index (χ3v) is 6.93. The number of amides is 2. The van der Waals surface area contributed by atoms with Crippen molar-refractivity contribution >= 4 is 34.8 Å². The molecule has 2 heterocycles. The van der Waals surface area contributed by atoms with Gasteiger partial charge in [0, 0.05) is 38.1 Å². The maximum Gasteiger partial charge on any atom is 0.253 e. The quantitative estimate of drug-likeness (QED) is 0.545. The first-order chi connectivity index (χ1) is 16.0. The SMILES string of the molecule is Cc1nc(CN2CCN(C(=O)CC(NC(=O)c3ccccc3Cl)c3ccccc3)CC2)cs1. The molecule has 0 radical (unpaired) electrons. The highest BCUT2D eigenvalue weighted by Gasteiger charge is 2.26. The van der Waals surface area contributed by atoms with Gasteiger partial charge in [0.05, 0.1) is 33.8 Å². The number of aromatic nitrogens is 1. The zero-order chi connectivity index (χ0) is 23.2. The van der Waals surface area contributed by atoms with Crippen molar-refractivity contribution in [1.82, 2.24) is 20.1 Å². The number of rotatable bonds is 7. The van der Waals surface area contributed by atoms with Crippen LogP contribution in [0, 0.1) is 6.92 Å². The van der Waals surface area contributed by atoms with Gasteiger partial charge < -0.3 is 10.2 Å². The van der Waals surface area contributed by atoms with Gasteiger partial charge in [0.2, 0.25) is 5.91 Å². The minimum absolute atomic E-state index is 0.0347. The summed E-state index contributed by atoms with van der Waals surface area (Å²) in [5.74, 6) is -0.252. The Bertz CT molecular complexity index is 1100. The number of halogens is 1. The lowest BCUT2D eigenvalue weighted by Crippen LogP contribution is -2.49. The highest BCUT2D eigenvalue weighted by atomic mass is 35.5. The second kappa shape index (κ2) is 10.9. The Morgan fingerprint density at radius 2 is 1.76 bits per heavy atom. The summed E-state index contributed by atoms with van der Waals surface area (Å²) in [5.41, 5.74) is 2.38. The van der Waals surface area contributed by atoms with Gasteiger partial charge in [-0.05, 0) is 24.6 Å². The molecule has 0 aliphatic carbocycles. The predicted molar refractivity (Wildman–Crippen MR) is 131 cm³/mol. The van der Waals surface area contributed by atoms with Crippen molar-refractivity contribution in [2.75, 3.05) is 26.2 Å². The van der Waals surface area contributed by atoms with E-state index in [0.29, 0.717) is 23.7 Å². The molecule has 1 aromatic heterocycles. The van der Waals surface area contributed by atoms with Gasteiger partial charge in [-0.15, -0.1) is 11.3 Å². The lowest BCUT2D eigenvalue weighted by Gasteiger charge is -2.35. The van der Waals surface area contributed by atoms with Crippen molar-refractivity contribution in [3.05, 3.63) is 86.8 Å². The van der Waals surface area contributed by atoms with Crippen molar-refractivity contribution < 1.29 is 9.59 Å². The van der Waals surface area contributed by atoms with Crippen molar-refractivity contribution in [3.63, 3.8) is 0 Å². The molecule has 1 aliphatic rings. The first-order valence-electron chi connectivity index (χ1n) is 11.0. The second-order valence-electron chi connectivity index (χ2n) is 8.14. The van der Waals surface area contributed by atoms with Crippen LogP contribution in [0.5, 0.6) is 0 Å². The summed E-state index contributed by atoms with van der Waals surface area (Å²) in [7, 11) is 0. The Kier molecular flexibility index (Phi) is 7.75. The van der Waals surface area contributed by atoms with Gasteiger partial charge in [-0.25, -0.2) is 4.98 Å². The molecule has 2 amide bonds. The van der Waals surface area contributed by atoms with Crippen LogP contribution >= 0.6 is 22.9 Å². The molecule has 3 aromatic rings. The van der Waals surface area contributed by atoms with Crippen molar-refractivity contribution in [1.29, 1.82) is 0 Å². The number of benzene rings is 2. The van der Waals surface area contributed by atoms with Crippen LogP contribution in [0.4, 0.5) is 0 Å². The Labute approximate surface area is 203 Å². The van der Waals surface area contributed by atoms with Crippen LogP contribution in [0.25, 0.3) is 0 Å². The van der Waals surface area contributed by atoms with Gasteiger partial charge in [-0.3, -0.25) is 14.5 Å². The number of carbonyl (C=O) groups excluding carboxylic acids is 2. The summed E-state index contributed by atoms with van der Waals surface area (Å²) in [5, 5.41) is 6.57. The van der Waals surface area contributed by atoms with E-state index in [1.807, 2.05) is 42.2 Å². The molecule has 33 heavy (non-hydrogen) atoms. The average Bonchev–Trinajstić information content (AvgIpc) is 3.24. The van der Waals surface area contributed by atoms with Crippen LogP contribution in [0.15, 0.2) is 60.0 Å². The van der Waals surface area contributed by atoms with E-state index in [9.17, 15) is 9.59 Å². The van der Waals surface area contributed by atoms with E-state index in [1.54, 1.807) is 35.6 Å². The molecule has 6 nitrogen and oxygen atoms in total. The Morgan fingerprint density at radius 1 is 1.06 bits per heavy atom. The molecule has 0 saturated carbocycles. The molecule has 1 fully saturated rings. The van der Waals surface area contributed by atoms with E-state index in [0.717, 1.165) is 35.9 Å². The van der Waals surface area contributed by atoms with Crippen molar-refractivity contribution in [2.45, 2.75) is 25.9 Å². The molecule has 2 aromatic carbocycles. The monoisotopic (exact) mass is 482 g/mol. The normalized spacial score (nSPS) is 15.3. The van der Waals surface area contributed by atoms with Gasteiger partial charge in [0.25, 0.3) is 5.91 Å². The first-order valence-corrected chi connectivity index (χ1v) is 12.3. The average molecular weight is 483 g/mol. The molecule has 8 heteroatoms. The number of thiazole rings is 1. The summed E-state index contributed by atoms with van der Waals surface area (Å²) < 4.78 is 0. The van der Waals surface area contributed by atoms with E-state index in [4.69, 9.17) is 11.6 Å². The molecule has 4 rings (SSSR count). The number of hydrogen-bond acceptors (Lipinski definition) is 5. The van der Waals surface area contributed by atoms with Crippen LogP contribution in [0.1, 0.15) is 39.1 Å². The standard InChI is InChI=1S/C25H27ClN4O2S/c1-18-27-20(17-33-18)16-29-11-13-30(14-12-29)24(31)15-23(19-7-3-2-4-8-19)28-25(32)21-9-5-6-10-22(21)26/h2-10,17,23H,11-16H2,1H3,(H,28,32). The third-order valence-electron chi connectivity index (χ3n) is 5.78. The third kappa shape index (κ3) is 6.19. The van der Waals surface area contributed by atoms with Gasteiger partial charge in [-0.2, -0.15) is 0 Å². The molecule has 0 bridgehead atoms. The molecular formula is C25H27ClN4O2S. The molecular weight excluding hydrogens is 456 g/mol. The largest absolute Gasteiger partial charge is 0.345 e. The molecule has 172 valence electrons. The Hall–Kier alpha value is -2.74. The zero-order valence-electron chi connectivity index (χ0n) is 18.5. The lowest BCUT2D eigenvalue weighted by molar-refractivity contribution is -0.133. The van der Waals surface area contributed by atoms with E-state index in [-0.39, 0.29) is 18.2 Å². The fraction of sp³-hybridized carbons (Fsp3) is 0.320. The summed E-state index contributed by atoms with van der Waals surface area (Å²) in [4.78, 5) is 34.8. The van der Waals surface area contributed by atoms with Crippen LogP contribution in [-0.2, 0) is 11.3 Å². The minimum atomic E-state index is -0.432. The summed E-state index contributed by atoms with van der Waals surface area (Å²) in [6, 6.07) is 16.1. The fourth-order valence-electron chi connectivity index (χ4n) is 3.99. The molecule has 1 aliphatic heterocycles. The molecule has 1 saturated heterocycles. The van der Waals surface area contributed by atoms with Gasteiger partial charge in [0.15, 0.2) is 0 Å². The van der Waals surface area contributed by atoms with E-state index >= 15 is 0 Å². The van der Waals surface area contributed by atoms with Crippen molar-refractivity contribution in [3.8, 4) is 0 Å². The van der Waals surface area contributed by atoms with Gasteiger partial charge >= 0.3 is 0 Å². The highest BCUT2D eigenvalue weighted by Crippen LogP contribution is 2.22. The first kappa shape index (κ1) is 23.4. The smallest absolute Gasteiger partial charge is 0.253 e. The van der Waals surface area contributed by atoms with Crippen LogP contribution in [0.3, 0.4) is 0 Å². The topological polar surface area (TPSA) is 65.5 Å². The Morgan fingerprint density at radius 3 is 2.42 bits per heavy atom. The predicted octanol–water partition coefficient (Wildman–Crippen LogP) is 4.31. The number of hydrogen-bond donors (Lipinski definition) is 1. The number of piperazine rings is 1. The Balaban J connectivity index is 1.38. The van der Waals surface area contributed by atoms with Crippen LogP contribution in [0.2, 0.25) is 5.02 Å². The molecule has 0 spiro atoms. The highest BCUT2D eigenvalue weighted by molar-refractivity contribution is 7.09. The molecule has 1 atom stereocenters. The second-order valence-corrected chi connectivity index (χ2v) is 9.60.